The normalized spacial score (nSPS) is 11.9. The first-order chi connectivity index (χ1) is 14.4. The number of aromatic nitrogens is 1. The second kappa shape index (κ2) is 8.32. The van der Waals surface area contributed by atoms with Crippen LogP contribution in [0.1, 0.15) is 15.9 Å². The van der Waals surface area contributed by atoms with Crippen LogP contribution in [0.3, 0.4) is 0 Å². The van der Waals surface area contributed by atoms with E-state index in [0.29, 0.717) is 34.0 Å². The average Bonchev–Trinajstić information content (AvgIpc) is 2.71. The maximum absolute atomic E-state index is 13.3. The fourth-order valence-corrected chi connectivity index (χ4v) is 3.88. The average molecular weight is 469 g/mol. The van der Waals surface area contributed by atoms with Gasteiger partial charge in [-0.05, 0) is 30.3 Å². The van der Waals surface area contributed by atoms with Crippen LogP contribution < -0.4 is 4.90 Å². The second-order valence-electron chi connectivity index (χ2n) is 6.75. The van der Waals surface area contributed by atoms with E-state index in [1.165, 1.54) is 19.4 Å². The number of amides is 1. The Morgan fingerprint density at radius 2 is 1.74 bits per heavy atom. The number of nitrogens with zero attached hydrogens (tertiary/aromatic N) is 2. The SMILES string of the molecule is CN(C(=O)c1cc(C(F)(F)F)cc(S(C)(=O)=O)c1)c1cnccc1-c1ccccc1Cl. The molecule has 0 saturated heterocycles. The van der Waals surface area contributed by atoms with Crippen molar-refractivity contribution in [2.24, 2.45) is 0 Å². The monoisotopic (exact) mass is 468 g/mol. The number of carbonyl (C=O) groups excluding carboxylic acids is 1. The van der Waals surface area contributed by atoms with Crippen molar-refractivity contribution >= 4 is 33.0 Å². The smallest absolute Gasteiger partial charge is 0.309 e. The largest absolute Gasteiger partial charge is 0.416 e. The van der Waals surface area contributed by atoms with E-state index in [0.717, 1.165) is 17.2 Å². The molecule has 5 nitrogen and oxygen atoms in total. The number of carbonyl (C=O) groups is 1. The third-order valence-corrected chi connectivity index (χ3v) is 5.96. The molecule has 2 aromatic carbocycles. The van der Waals surface area contributed by atoms with E-state index in [4.69, 9.17) is 11.6 Å². The van der Waals surface area contributed by atoms with Crippen molar-refractivity contribution in [3.63, 3.8) is 0 Å². The molecule has 0 fully saturated rings. The summed E-state index contributed by atoms with van der Waals surface area (Å²) >= 11 is 6.26. The summed E-state index contributed by atoms with van der Waals surface area (Å²) in [4.78, 5) is 17.6. The third-order valence-electron chi connectivity index (χ3n) is 4.54. The zero-order valence-corrected chi connectivity index (χ0v) is 17.9. The van der Waals surface area contributed by atoms with E-state index in [1.807, 2.05) is 0 Å². The van der Waals surface area contributed by atoms with E-state index < -0.39 is 37.9 Å². The Hall–Kier alpha value is -2.91. The molecule has 10 heteroatoms. The van der Waals surface area contributed by atoms with Gasteiger partial charge in [-0.1, -0.05) is 29.8 Å². The maximum atomic E-state index is 13.3. The fraction of sp³-hybridized carbons (Fsp3) is 0.143. The number of anilines is 1. The predicted molar refractivity (Wildman–Crippen MR) is 112 cm³/mol. The second-order valence-corrected chi connectivity index (χ2v) is 9.18. The molecule has 0 bridgehead atoms. The van der Waals surface area contributed by atoms with Gasteiger partial charge in [-0.2, -0.15) is 13.2 Å². The molecular weight excluding hydrogens is 453 g/mol. The number of benzene rings is 2. The Bertz CT molecular complexity index is 1260. The number of hydrogen-bond acceptors (Lipinski definition) is 4. The van der Waals surface area contributed by atoms with Gasteiger partial charge in [0.05, 0.1) is 22.3 Å². The highest BCUT2D eigenvalue weighted by atomic mass is 35.5. The summed E-state index contributed by atoms with van der Waals surface area (Å²) in [6, 6.07) is 10.5. The van der Waals surface area contributed by atoms with Crippen LogP contribution in [0.2, 0.25) is 5.02 Å². The highest BCUT2D eigenvalue weighted by molar-refractivity contribution is 7.90. The molecule has 1 amide bonds. The molecule has 0 N–H and O–H groups in total. The van der Waals surface area contributed by atoms with Gasteiger partial charge in [0.1, 0.15) is 0 Å². The van der Waals surface area contributed by atoms with Crippen molar-refractivity contribution in [1.29, 1.82) is 0 Å². The topological polar surface area (TPSA) is 67.3 Å². The lowest BCUT2D eigenvalue weighted by Gasteiger charge is -2.22. The van der Waals surface area contributed by atoms with Gasteiger partial charge in [-0.15, -0.1) is 0 Å². The van der Waals surface area contributed by atoms with Crippen LogP contribution in [-0.4, -0.2) is 32.6 Å². The molecule has 0 unspecified atom stereocenters. The van der Waals surface area contributed by atoms with Crippen LogP contribution >= 0.6 is 11.6 Å². The molecule has 0 radical (unpaired) electrons. The van der Waals surface area contributed by atoms with Crippen molar-refractivity contribution in [1.82, 2.24) is 4.98 Å². The minimum absolute atomic E-state index is 0.291. The van der Waals surface area contributed by atoms with Gasteiger partial charge in [0.15, 0.2) is 9.84 Å². The molecule has 0 saturated carbocycles. The van der Waals surface area contributed by atoms with Crippen LogP contribution in [0.15, 0.2) is 65.8 Å². The molecular formula is C21H16ClF3N2O3S. The molecule has 31 heavy (non-hydrogen) atoms. The first-order valence-electron chi connectivity index (χ1n) is 8.79. The van der Waals surface area contributed by atoms with Crippen molar-refractivity contribution in [3.05, 3.63) is 77.1 Å². The predicted octanol–water partition coefficient (Wildman–Crippen LogP) is 5.10. The summed E-state index contributed by atoms with van der Waals surface area (Å²) < 4.78 is 63.7. The van der Waals surface area contributed by atoms with Crippen LogP contribution in [0.4, 0.5) is 18.9 Å². The molecule has 0 aliphatic heterocycles. The first-order valence-corrected chi connectivity index (χ1v) is 11.1. The number of alkyl halides is 3. The van der Waals surface area contributed by atoms with Gasteiger partial charge in [0.2, 0.25) is 0 Å². The Morgan fingerprint density at radius 1 is 1.06 bits per heavy atom. The van der Waals surface area contributed by atoms with E-state index >= 15 is 0 Å². The Labute approximate surface area is 182 Å². The number of sulfone groups is 1. The summed E-state index contributed by atoms with van der Waals surface area (Å²) in [5, 5.41) is 0.411. The zero-order chi connectivity index (χ0) is 23.0. The zero-order valence-electron chi connectivity index (χ0n) is 16.3. The Balaban J connectivity index is 2.13. The molecule has 0 atom stereocenters. The summed E-state index contributed by atoms with van der Waals surface area (Å²) in [7, 11) is -2.63. The molecule has 1 heterocycles. The van der Waals surface area contributed by atoms with Gasteiger partial charge in [0, 0.05) is 41.2 Å². The van der Waals surface area contributed by atoms with E-state index in [2.05, 4.69) is 4.98 Å². The number of rotatable bonds is 4. The standard InChI is InChI=1S/C21H16ClF3N2O3S/c1-27(19-12-26-8-7-17(19)16-5-3-4-6-18(16)22)20(28)13-9-14(21(23,24)25)11-15(10-13)31(2,29)30/h3-12H,1-2H3. The molecule has 0 aliphatic carbocycles. The van der Waals surface area contributed by atoms with Gasteiger partial charge in [-0.25, -0.2) is 8.42 Å². The third kappa shape index (κ3) is 4.88. The van der Waals surface area contributed by atoms with E-state index in [-0.39, 0.29) is 0 Å². The Morgan fingerprint density at radius 3 is 2.35 bits per heavy atom. The summed E-state index contributed by atoms with van der Waals surface area (Å²) in [6.45, 7) is 0. The quantitative estimate of drug-likeness (QED) is 0.534. The van der Waals surface area contributed by atoms with Crippen LogP contribution in [0.25, 0.3) is 11.1 Å². The molecule has 3 rings (SSSR count). The number of pyridine rings is 1. The first kappa shape index (κ1) is 22.8. The van der Waals surface area contributed by atoms with Crippen molar-refractivity contribution in [2.75, 3.05) is 18.2 Å². The lowest BCUT2D eigenvalue weighted by atomic mass is 10.0. The fourth-order valence-electron chi connectivity index (χ4n) is 2.96. The van der Waals surface area contributed by atoms with Crippen molar-refractivity contribution < 1.29 is 26.4 Å². The molecule has 0 spiro atoms. The van der Waals surface area contributed by atoms with Crippen LogP contribution in [0, 0.1) is 0 Å². The van der Waals surface area contributed by atoms with Crippen LogP contribution in [0.5, 0.6) is 0 Å². The number of halogens is 4. The van der Waals surface area contributed by atoms with Gasteiger partial charge >= 0.3 is 6.18 Å². The summed E-state index contributed by atoms with van der Waals surface area (Å²) in [5.41, 5.74) is -0.232. The van der Waals surface area contributed by atoms with E-state index in [1.54, 1.807) is 30.3 Å². The van der Waals surface area contributed by atoms with Crippen molar-refractivity contribution in [3.8, 4) is 11.1 Å². The minimum Gasteiger partial charge on any atom is -0.309 e. The Kier molecular flexibility index (Phi) is 6.11. The highest BCUT2D eigenvalue weighted by Gasteiger charge is 2.33. The lowest BCUT2D eigenvalue weighted by Crippen LogP contribution is -2.27. The molecule has 0 aliphatic rings. The molecule has 1 aromatic heterocycles. The summed E-state index contributed by atoms with van der Waals surface area (Å²) in [5.74, 6) is -0.836. The molecule has 3 aromatic rings. The number of hydrogen-bond donors (Lipinski definition) is 0. The minimum atomic E-state index is -4.83. The van der Waals surface area contributed by atoms with Crippen molar-refractivity contribution in [2.45, 2.75) is 11.1 Å². The maximum Gasteiger partial charge on any atom is 0.416 e. The molecule has 162 valence electrons. The van der Waals surface area contributed by atoms with Gasteiger partial charge < -0.3 is 4.90 Å². The summed E-state index contributed by atoms with van der Waals surface area (Å²) in [6.07, 6.45) is -1.18. The lowest BCUT2D eigenvalue weighted by molar-refractivity contribution is -0.137. The highest BCUT2D eigenvalue weighted by Crippen LogP contribution is 2.36. The van der Waals surface area contributed by atoms with Gasteiger partial charge in [0.25, 0.3) is 5.91 Å². The van der Waals surface area contributed by atoms with Gasteiger partial charge in [-0.3, -0.25) is 9.78 Å². The van der Waals surface area contributed by atoms with E-state index in [9.17, 15) is 26.4 Å². The van der Waals surface area contributed by atoms with Crippen LogP contribution in [-0.2, 0) is 16.0 Å².